The van der Waals surface area contributed by atoms with Gasteiger partial charge in [-0.2, -0.15) is 0 Å². The van der Waals surface area contributed by atoms with Crippen molar-refractivity contribution < 1.29 is 4.79 Å². The number of aromatic nitrogens is 1. The molecule has 0 saturated heterocycles. The van der Waals surface area contributed by atoms with Crippen LogP contribution in [-0.4, -0.2) is 30.0 Å². The van der Waals surface area contributed by atoms with Crippen LogP contribution in [-0.2, 0) is 4.79 Å². The first-order chi connectivity index (χ1) is 15.9. The van der Waals surface area contributed by atoms with Gasteiger partial charge in [-0.25, -0.2) is 0 Å². The molecule has 1 atom stereocenters. The van der Waals surface area contributed by atoms with E-state index in [0.29, 0.717) is 0 Å². The first-order valence-corrected chi connectivity index (χ1v) is 11.3. The molecule has 166 valence electrons. The van der Waals surface area contributed by atoms with Gasteiger partial charge in [-0.15, -0.1) is 0 Å². The maximum absolute atomic E-state index is 12.7. The third-order valence-electron chi connectivity index (χ3n) is 6.41. The van der Waals surface area contributed by atoms with Crippen LogP contribution in [0.3, 0.4) is 0 Å². The molecule has 4 aromatic rings. The minimum atomic E-state index is -0.195. The highest BCUT2D eigenvalue weighted by atomic mass is 16.2. The fraction of sp³-hybridized carbons (Fsp3) is 0.214. The molecular weight excluding hydrogens is 408 g/mol. The first-order valence-electron chi connectivity index (χ1n) is 11.3. The number of likely N-dealkylation sites (N-methyl/N-ethyl adjacent to an activating group) is 1. The predicted molar refractivity (Wildman–Crippen MR) is 137 cm³/mol. The van der Waals surface area contributed by atoms with Crippen molar-refractivity contribution in [1.82, 2.24) is 4.98 Å². The second kappa shape index (κ2) is 8.24. The van der Waals surface area contributed by atoms with Gasteiger partial charge in [0.2, 0.25) is 5.91 Å². The molecule has 2 heterocycles. The molecule has 0 fully saturated rings. The van der Waals surface area contributed by atoms with Crippen molar-refractivity contribution in [3.05, 3.63) is 79.1 Å². The molecule has 0 spiro atoms. The number of amides is 1. The first kappa shape index (κ1) is 21.0. The average molecular weight is 437 g/mol. The monoisotopic (exact) mass is 436 g/mol. The fourth-order valence-electron chi connectivity index (χ4n) is 4.82. The number of hydrogen-bond donors (Lipinski definition) is 1. The number of anilines is 4. The van der Waals surface area contributed by atoms with E-state index < -0.39 is 0 Å². The maximum atomic E-state index is 12.7. The van der Waals surface area contributed by atoms with Gasteiger partial charge in [-0.05, 0) is 62.1 Å². The van der Waals surface area contributed by atoms with Crippen LogP contribution in [0.5, 0.6) is 0 Å². The van der Waals surface area contributed by atoms with Crippen LogP contribution >= 0.6 is 0 Å². The number of benzene rings is 3. The van der Waals surface area contributed by atoms with Crippen LogP contribution in [0.15, 0.2) is 79.1 Å². The SMILES string of the molecule is CC(C)N1c2cc(Nc3cccc(-c4cncc5ccccc45)c3)ccc2N(C)C(=O)C1C. The van der Waals surface area contributed by atoms with Crippen LogP contribution in [0.25, 0.3) is 21.9 Å². The zero-order chi connectivity index (χ0) is 23.1. The molecule has 1 aliphatic rings. The van der Waals surface area contributed by atoms with Crippen molar-refractivity contribution in [1.29, 1.82) is 0 Å². The number of nitrogens with one attached hydrogen (secondary N) is 1. The van der Waals surface area contributed by atoms with Crippen LogP contribution in [0.1, 0.15) is 20.8 Å². The predicted octanol–water partition coefficient (Wildman–Crippen LogP) is 6.23. The molecule has 0 radical (unpaired) electrons. The van der Waals surface area contributed by atoms with Crippen molar-refractivity contribution in [3.63, 3.8) is 0 Å². The number of fused-ring (bicyclic) bond motifs is 2. The Balaban J connectivity index is 1.51. The normalized spacial score (nSPS) is 15.8. The number of pyridine rings is 1. The zero-order valence-corrected chi connectivity index (χ0v) is 19.4. The van der Waals surface area contributed by atoms with Crippen LogP contribution in [0.4, 0.5) is 22.7 Å². The molecule has 1 aliphatic heterocycles. The van der Waals surface area contributed by atoms with Gasteiger partial charge in [-0.1, -0.05) is 36.4 Å². The highest BCUT2D eigenvalue weighted by Gasteiger charge is 2.34. The van der Waals surface area contributed by atoms with Gasteiger partial charge in [0, 0.05) is 47.8 Å². The summed E-state index contributed by atoms with van der Waals surface area (Å²) in [5, 5.41) is 5.88. The summed E-state index contributed by atoms with van der Waals surface area (Å²) in [5.74, 6) is 0.119. The molecular formula is C28H28N4O. The number of hydrogen-bond acceptors (Lipinski definition) is 4. The second-order valence-electron chi connectivity index (χ2n) is 8.89. The lowest BCUT2D eigenvalue weighted by molar-refractivity contribution is -0.119. The van der Waals surface area contributed by atoms with E-state index in [4.69, 9.17) is 0 Å². The Bertz CT molecular complexity index is 1340. The van der Waals surface area contributed by atoms with Crippen molar-refractivity contribution in [3.8, 4) is 11.1 Å². The fourth-order valence-corrected chi connectivity index (χ4v) is 4.82. The lowest BCUT2D eigenvalue weighted by atomic mass is 10.0. The van der Waals surface area contributed by atoms with E-state index in [9.17, 15) is 4.79 Å². The van der Waals surface area contributed by atoms with Gasteiger partial charge in [0.15, 0.2) is 0 Å². The summed E-state index contributed by atoms with van der Waals surface area (Å²) in [4.78, 5) is 21.1. The van der Waals surface area contributed by atoms with Crippen LogP contribution in [0, 0.1) is 0 Å². The Morgan fingerprint density at radius 1 is 0.909 bits per heavy atom. The topological polar surface area (TPSA) is 48.5 Å². The summed E-state index contributed by atoms with van der Waals surface area (Å²) in [6.45, 7) is 6.23. The van der Waals surface area contributed by atoms with Gasteiger partial charge in [0.05, 0.1) is 11.4 Å². The number of carbonyl (C=O) groups excluding carboxylic acids is 1. The summed E-state index contributed by atoms with van der Waals surface area (Å²) in [7, 11) is 1.85. The van der Waals surface area contributed by atoms with Crippen molar-refractivity contribution in [2.45, 2.75) is 32.9 Å². The Morgan fingerprint density at radius 2 is 1.70 bits per heavy atom. The number of rotatable bonds is 4. The van der Waals surface area contributed by atoms with E-state index in [1.807, 2.05) is 44.6 Å². The van der Waals surface area contributed by atoms with E-state index in [0.717, 1.165) is 39.3 Å². The maximum Gasteiger partial charge on any atom is 0.249 e. The molecule has 5 nitrogen and oxygen atoms in total. The summed E-state index contributed by atoms with van der Waals surface area (Å²) in [5.41, 5.74) is 6.23. The summed E-state index contributed by atoms with van der Waals surface area (Å²) >= 11 is 0. The van der Waals surface area contributed by atoms with Gasteiger partial charge >= 0.3 is 0 Å². The van der Waals surface area contributed by atoms with E-state index in [1.165, 1.54) is 5.39 Å². The van der Waals surface area contributed by atoms with E-state index in [1.54, 1.807) is 4.90 Å². The van der Waals surface area contributed by atoms with Crippen molar-refractivity contribution >= 4 is 39.4 Å². The van der Waals surface area contributed by atoms with Gasteiger partial charge in [0.25, 0.3) is 0 Å². The van der Waals surface area contributed by atoms with Gasteiger partial charge in [0.1, 0.15) is 6.04 Å². The molecule has 0 aliphatic carbocycles. The minimum absolute atomic E-state index is 0.119. The van der Waals surface area contributed by atoms with Crippen LogP contribution < -0.4 is 15.1 Å². The molecule has 5 heteroatoms. The largest absolute Gasteiger partial charge is 0.356 e. The highest BCUT2D eigenvalue weighted by molar-refractivity contribution is 6.05. The molecule has 1 aromatic heterocycles. The molecule has 1 amide bonds. The quantitative estimate of drug-likeness (QED) is 0.412. The summed E-state index contributed by atoms with van der Waals surface area (Å²) < 4.78 is 0. The van der Waals surface area contributed by atoms with Gasteiger partial charge in [-0.3, -0.25) is 9.78 Å². The van der Waals surface area contributed by atoms with Crippen molar-refractivity contribution in [2.75, 3.05) is 22.2 Å². The molecule has 0 saturated carbocycles. The third-order valence-corrected chi connectivity index (χ3v) is 6.41. The van der Waals surface area contributed by atoms with Crippen molar-refractivity contribution in [2.24, 2.45) is 0 Å². The number of nitrogens with zero attached hydrogens (tertiary/aromatic N) is 3. The Labute approximate surface area is 194 Å². The molecule has 1 unspecified atom stereocenters. The highest BCUT2D eigenvalue weighted by Crippen LogP contribution is 2.39. The Kier molecular flexibility index (Phi) is 5.25. The van der Waals surface area contributed by atoms with Gasteiger partial charge < -0.3 is 15.1 Å². The smallest absolute Gasteiger partial charge is 0.249 e. The standard InChI is InChI=1S/C28H28N4O/c1-18(2)32-19(3)28(33)31(4)26-13-12-23(15-27(26)32)30-22-10-7-9-20(14-22)25-17-29-16-21-8-5-6-11-24(21)25/h5-19,30H,1-4H3. The number of carbonyl (C=O) groups is 1. The Hall–Kier alpha value is -3.86. The molecule has 0 bridgehead atoms. The Morgan fingerprint density at radius 3 is 2.52 bits per heavy atom. The lowest BCUT2D eigenvalue weighted by Crippen LogP contribution is -2.53. The third kappa shape index (κ3) is 3.69. The van der Waals surface area contributed by atoms with E-state index in [2.05, 4.69) is 77.6 Å². The molecule has 1 N–H and O–H groups in total. The average Bonchev–Trinajstić information content (AvgIpc) is 2.82. The summed E-state index contributed by atoms with van der Waals surface area (Å²) in [6, 6.07) is 22.9. The molecule has 3 aromatic carbocycles. The molecule has 5 rings (SSSR count). The van der Waals surface area contributed by atoms with Crippen LogP contribution in [0.2, 0.25) is 0 Å². The van der Waals surface area contributed by atoms with E-state index >= 15 is 0 Å². The minimum Gasteiger partial charge on any atom is -0.356 e. The second-order valence-corrected chi connectivity index (χ2v) is 8.89. The zero-order valence-electron chi connectivity index (χ0n) is 19.4. The molecule has 33 heavy (non-hydrogen) atoms. The lowest BCUT2D eigenvalue weighted by Gasteiger charge is -2.42. The summed E-state index contributed by atoms with van der Waals surface area (Å²) in [6.07, 6.45) is 3.83. The van der Waals surface area contributed by atoms with E-state index in [-0.39, 0.29) is 18.0 Å².